The van der Waals surface area contributed by atoms with Crippen molar-refractivity contribution in [3.8, 4) is 0 Å². The zero-order chi connectivity index (χ0) is 81.4. The van der Waals surface area contributed by atoms with E-state index in [2.05, 4.69) is 148 Å². The van der Waals surface area contributed by atoms with Crippen molar-refractivity contribution in [1.29, 1.82) is 0 Å². The lowest BCUT2D eigenvalue weighted by Crippen LogP contribution is -2.45. The maximum Gasteiger partial charge on any atom is 0.0546 e. The summed E-state index contributed by atoms with van der Waals surface area (Å²) in [4.78, 5) is 0. The number of unbranched alkanes of at least 4 members (excludes halogenated alkanes) is 48. The Morgan fingerprint density at radius 3 is 0.270 bits per heavy atom. The molecule has 8 nitrogen and oxygen atoms in total. The van der Waals surface area contributed by atoms with Crippen molar-refractivity contribution in [3.63, 3.8) is 0 Å². The van der Waals surface area contributed by atoms with Gasteiger partial charge in [0.1, 0.15) is 0 Å². The Kier molecular flexibility index (Phi) is 88.8. The molecule has 0 aromatic carbocycles. The molecule has 0 spiro atoms. The molecular formula is C99H212N8P4. The van der Waals surface area contributed by atoms with Crippen LogP contribution in [0.4, 0.5) is 0 Å². The van der Waals surface area contributed by atoms with Gasteiger partial charge in [-0.1, -0.05) is 419 Å². The first-order valence-corrected chi connectivity index (χ1v) is 57.1. The topological polar surface area (TPSA) is 25.9 Å². The molecule has 0 atom stereocenters. The molecule has 111 heavy (non-hydrogen) atoms. The van der Waals surface area contributed by atoms with Crippen molar-refractivity contribution in [3.05, 3.63) is 0 Å². The third-order valence-electron chi connectivity index (χ3n) is 24.1. The fraction of sp³-hybridized carbons (Fsp3) is 1.00. The third-order valence-corrected chi connectivity index (χ3v) is 37.4. The average Bonchev–Trinajstić information content (AvgIpc) is 0.766. The van der Waals surface area contributed by atoms with Crippen LogP contribution in [-0.4, -0.2) is 153 Å². The highest BCUT2D eigenvalue weighted by Gasteiger charge is 2.50. The highest BCUT2D eigenvalue weighted by Crippen LogP contribution is 2.74. The van der Waals surface area contributed by atoms with Crippen LogP contribution >= 0.6 is 32.9 Å². The molecular weight excluding hydrogens is 1430 g/mol. The summed E-state index contributed by atoms with van der Waals surface area (Å²) < 4.78 is 28.1. The van der Waals surface area contributed by atoms with Crippen LogP contribution in [0.15, 0.2) is 0 Å². The van der Waals surface area contributed by atoms with E-state index >= 15 is 0 Å². The van der Waals surface area contributed by atoms with E-state index in [1.54, 1.807) is 0 Å². The van der Waals surface area contributed by atoms with E-state index in [1.807, 2.05) is 0 Å². The molecule has 0 heterocycles. The molecule has 0 unspecified atom stereocenters. The first kappa shape index (κ1) is 112. The van der Waals surface area contributed by atoms with Crippen molar-refractivity contribution >= 4 is 32.9 Å². The second kappa shape index (κ2) is 87.7. The first-order chi connectivity index (χ1) is 54.7. The Labute approximate surface area is 709 Å². The molecule has 0 aromatic rings. The van der Waals surface area contributed by atoms with E-state index in [1.165, 1.54) is 522 Å². The van der Waals surface area contributed by atoms with Gasteiger partial charge in [0.2, 0.25) is 0 Å². The number of hydrogen-bond acceptors (Lipinski definition) is 8. The van der Waals surface area contributed by atoms with Gasteiger partial charge in [-0.25, -0.2) is 0 Å². The molecule has 0 amide bonds. The van der Waals surface area contributed by atoms with Gasteiger partial charge in [-0.3, -0.25) is 37.4 Å². The lowest BCUT2D eigenvalue weighted by molar-refractivity contribution is 0.329. The standard InChI is InChI=1S/C99H212N8P4/c1-17-33-49-65-81-100(82-66-50-34-18-2)108(101(83-67-51-35-19-3)84-68-52-36-20-4)98(109(102(85-69-53-37-21-5)86-70-54-38-22-6)103(87-71-55-39-23-7)88-72-56-40-24-8)97-99(110(104(89-73-57-41-25-9)90-74-58-42-26-10)105(91-75-59-43-27-11)92-76-60-44-28-12)111(106(93-77-61-45-29-13)94-78-62-46-30-14)107(95-79-63-47-31-15)96-80-64-48-32-16/h98-99H,17-97H2,1-16H3. The molecule has 0 saturated heterocycles. The minimum atomic E-state index is -0.753. The van der Waals surface area contributed by atoms with Crippen molar-refractivity contribution in [2.24, 2.45) is 0 Å². The van der Waals surface area contributed by atoms with Gasteiger partial charge in [0, 0.05) is 138 Å². The summed E-state index contributed by atoms with van der Waals surface area (Å²) >= 11 is 0. The summed E-state index contributed by atoms with van der Waals surface area (Å²) in [5.41, 5.74) is 0. The molecule has 0 aromatic heterocycles. The second-order valence-corrected chi connectivity index (χ2v) is 45.5. The second-order valence-electron chi connectivity index (χ2n) is 35.1. The van der Waals surface area contributed by atoms with Gasteiger partial charge in [-0.2, -0.15) is 0 Å². The van der Waals surface area contributed by atoms with Crippen LogP contribution in [0.3, 0.4) is 0 Å². The van der Waals surface area contributed by atoms with Gasteiger partial charge in [0.25, 0.3) is 0 Å². The smallest absolute Gasteiger partial charge is 0.0546 e. The zero-order valence-corrected chi connectivity index (χ0v) is 83.4. The van der Waals surface area contributed by atoms with Crippen LogP contribution in [0.25, 0.3) is 0 Å². The number of nitrogens with zero attached hydrogens (tertiary/aromatic N) is 8. The van der Waals surface area contributed by atoms with E-state index < -0.39 is 32.9 Å². The lowest BCUT2D eigenvalue weighted by atomic mass is 10.2. The van der Waals surface area contributed by atoms with Crippen molar-refractivity contribution in [2.75, 3.05) is 105 Å². The van der Waals surface area contributed by atoms with Gasteiger partial charge in [-0.05, 0) is 109 Å². The molecule has 0 aliphatic rings. The summed E-state index contributed by atoms with van der Waals surface area (Å²) in [6, 6.07) is 0. The van der Waals surface area contributed by atoms with Crippen LogP contribution in [0.5, 0.6) is 0 Å². The van der Waals surface area contributed by atoms with Crippen molar-refractivity contribution in [1.82, 2.24) is 37.4 Å². The van der Waals surface area contributed by atoms with E-state index in [-0.39, 0.29) is 0 Å². The van der Waals surface area contributed by atoms with E-state index in [0.717, 1.165) is 0 Å². The molecule has 0 rings (SSSR count). The van der Waals surface area contributed by atoms with Crippen molar-refractivity contribution < 1.29 is 0 Å². The number of rotatable bonds is 94. The summed E-state index contributed by atoms with van der Waals surface area (Å²) in [5, 5.41) is 1.21. The van der Waals surface area contributed by atoms with Gasteiger partial charge in [-0.15, -0.1) is 0 Å². The highest BCUT2D eigenvalue weighted by molar-refractivity contribution is 7.73. The number of hydrogen-bond donors (Lipinski definition) is 0. The Bertz CT molecular complexity index is 1320. The zero-order valence-electron chi connectivity index (χ0n) is 79.8. The molecule has 668 valence electrons. The maximum absolute atomic E-state index is 3.52. The Hall–Kier alpha value is 1.40. The molecule has 0 aliphatic heterocycles. The van der Waals surface area contributed by atoms with Crippen LogP contribution in [0.2, 0.25) is 0 Å². The fourth-order valence-corrected chi connectivity index (χ4v) is 34.3. The Morgan fingerprint density at radius 1 is 0.117 bits per heavy atom. The normalized spacial score (nSPS) is 12.6. The summed E-state index contributed by atoms with van der Waals surface area (Å²) in [6.45, 7) is 61.0. The van der Waals surface area contributed by atoms with Gasteiger partial charge >= 0.3 is 0 Å². The van der Waals surface area contributed by atoms with Crippen molar-refractivity contribution in [2.45, 2.75) is 539 Å². The van der Waals surface area contributed by atoms with Crippen LogP contribution in [0, 0.1) is 0 Å². The predicted molar refractivity (Wildman–Crippen MR) is 519 cm³/mol. The predicted octanol–water partition coefficient (Wildman–Crippen LogP) is 35.0. The maximum atomic E-state index is 3.52. The van der Waals surface area contributed by atoms with Crippen LogP contribution in [0.1, 0.15) is 528 Å². The Balaban J connectivity index is 11.9. The molecule has 0 fully saturated rings. The van der Waals surface area contributed by atoms with Gasteiger partial charge in [0.15, 0.2) is 0 Å². The summed E-state index contributed by atoms with van der Waals surface area (Å²) in [6.07, 6.45) is 89.2. The highest BCUT2D eigenvalue weighted by atomic mass is 31.2. The first-order valence-electron chi connectivity index (χ1n) is 51.8. The molecule has 0 aliphatic carbocycles. The Morgan fingerprint density at radius 2 is 0.198 bits per heavy atom. The minimum Gasteiger partial charge on any atom is -0.269 e. The molecule has 12 heteroatoms. The molecule has 0 bridgehead atoms. The van der Waals surface area contributed by atoms with Gasteiger partial charge < -0.3 is 0 Å². The SMILES string of the molecule is CCCCCCN(CCCCCC)P(C(CC(P(N(CCCCCC)CCCCCC)N(CCCCCC)CCCCCC)P(N(CCCCCC)CCCCCC)N(CCCCCC)CCCCCC)P(N(CCCCCC)CCCCCC)N(CCCCCC)CCCCCC)N(CCCCCC)CCCCCC. The quantitative estimate of drug-likeness (QED) is 0.0439. The largest absolute Gasteiger partial charge is 0.269 e. The molecule has 0 N–H and O–H groups in total. The lowest BCUT2D eigenvalue weighted by Gasteiger charge is -2.56. The average molecular weight is 1640 g/mol. The van der Waals surface area contributed by atoms with E-state index in [9.17, 15) is 0 Å². The van der Waals surface area contributed by atoms with E-state index in [0.29, 0.717) is 10.8 Å². The van der Waals surface area contributed by atoms with Gasteiger partial charge in [0.05, 0.1) is 10.8 Å². The third kappa shape index (κ3) is 59.7. The van der Waals surface area contributed by atoms with E-state index in [4.69, 9.17) is 0 Å². The monoisotopic (exact) mass is 1640 g/mol. The molecule has 0 radical (unpaired) electrons. The summed E-state index contributed by atoms with van der Waals surface area (Å²) in [5.74, 6) is 0. The minimum absolute atomic E-state index is 0.604. The van der Waals surface area contributed by atoms with Crippen LogP contribution < -0.4 is 0 Å². The molecule has 0 saturated carbocycles. The van der Waals surface area contributed by atoms with Crippen LogP contribution in [-0.2, 0) is 0 Å². The summed E-state index contributed by atoms with van der Waals surface area (Å²) in [7, 11) is -3.01. The fourth-order valence-electron chi connectivity index (χ4n) is 17.0.